The zero-order valence-electron chi connectivity index (χ0n) is 12.4. The van der Waals surface area contributed by atoms with E-state index in [9.17, 15) is 10.1 Å². The molecule has 0 amide bonds. The SMILES string of the molecule is O=[N+]([O-])c1ccc2cnn(Cc3nc(-c4ccccc4)no3)c2c1. The molecule has 0 spiro atoms. The van der Waals surface area contributed by atoms with Crippen molar-refractivity contribution in [2.24, 2.45) is 0 Å². The molecule has 4 rings (SSSR count). The lowest BCUT2D eigenvalue weighted by molar-refractivity contribution is -0.384. The fraction of sp³-hybridized carbons (Fsp3) is 0.0625. The van der Waals surface area contributed by atoms with E-state index in [1.807, 2.05) is 30.3 Å². The van der Waals surface area contributed by atoms with E-state index in [1.165, 1.54) is 12.1 Å². The first-order chi connectivity index (χ1) is 11.7. The summed E-state index contributed by atoms with van der Waals surface area (Å²) in [4.78, 5) is 14.8. The summed E-state index contributed by atoms with van der Waals surface area (Å²) in [5, 5.41) is 19.9. The Hall–Kier alpha value is -3.55. The monoisotopic (exact) mass is 321 g/mol. The Morgan fingerprint density at radius 3 is 2.79 bits per heavy atom. The number of hydrogen-bond acceptors (Lipinski definition) is 6. The highest BCUT2D eigenvalue weighted by Crippen LogP contribution is 2.22. The topological polar surface area (TPSA) is 99.9 Å². The Morgan fingerprint density at radius 1 is 1.17 bits per heavy atom. The second-order valence-electron chi connectivity index (χ2n) is 5.18. The van der Waals surface area contributed by atoms with Crippen molar-refractivity contribution >= 4 is 16.6 Å². The second-order valence-corrected chi connectivity index (χ2v) is 5.18. The molecule has 0 saturated heterocycles. The Morgan fingerprint density at radius 2 is 2.00 bits per heavy atom. The molecule has 0 fully saturated rings. The van der Waals surface area contributed by atoms with E-state index in [0.717, 1.165) is 10.9 Å². The summed E-state index contributed by atoms with van der Waals surface area (Å²) < 4.78 is 6.86. The average Bonchev–Trinajstić information content (AvgIpc) is 3.23. The van der Waals surface area contributed by atoms with Crippen LogP contribution in [0.15, 0.2) is 59.3 Å². The Bertz CT molecular complexity index is 1020. The highest BCUT2D eigenvalue weighted by Gasteiger charge is 2.13. The molecule has 0 aliphatic carbocycles. The molecule has 4 aromatic rings. The third-order valence-electron chi connectivity index (χ3n) is 3.62. The molecule has 2 heterocycles. The zero-order valence-corrected chi connectivity index (χ0v) is 12.4. The highest BCUT2D eigenvalue weighted by molar-refractivity contribution is 5.81. The molecule has 0 aliphatic heterocycles. The standard InChI is InChI=1S/C16H11N5O3/c22-21(23)13-7-6-12-9-17-20(14(12)8-13)10-15-18-16(19-24-15)11-4-2-1-3-5-11/h1-9H,10H2. The van der Waals surface area contributed by atoms with Crippen molar-refractivity contribution in [3.8, 4) is 11.4 Å². The van der Waals surface area contributed by atoms with Crippen LogP contribution in [-0.2, 0) is 6.54 Å². The fourth-order valence-corrected chi connectivity index (χ4v) is 2.45. The van der Waals surface area contributed by atoms with Gasteiger partial charge in [0.25, 0.3) is 5.69 Å². The number of aromatic nitrogens is 4. The van der Waals surface area contributed by atoms with Crippen LogP contribution in [0.3, 0.4) is 0 Å². The lowest BCUT2D eigenvalue weighted by Crippen LogP contribution is -2.02. The van der Waals surface area contributed by atoms with Gasteiger partial charge in [0.15, 0.2) is 0 Å². The smallest absolute Gasteiger partial charge is 0.271 e. The van der Waals surface area contributed by atoms with Crippen LogP contribution in [0.5, 0.6) is 0 Å². The van der Waals surface area contributed by atoms with Crippen molar-refractivity contribution in [2.75, 3.05) is 0 Å². The predicted molar refractivity (Wildman–Crippen MR) is 85.2 cm³/mol. The van der Waals surface area contributed by atoms with Gasteiger partial charge >= 0.3 is 0 Å². The summed E-state index contributed by atoms with van der Waals surface area (Å²) in [6.45, 7) is 0.241. The first-order valence-corrected chi connectivity index (χ1v) is 7.19. The molecular formula is C16H11N5O3. The highest BCUT2D eigenvalue weighted by atomic mass is 16.6. The van der Waals surface area contributed by atoms with Crippen LogP contribution in [0.4, 0.5) is 5.69 Å². The van der Waals surface area contributed by atoms with Crippen molar-refractivity contribution in [3.63, 3.8) is 0 Å². The quantitative estimate of drug-likeness (QED) is 0.423. The Labute approximate surface area is 135 Å². The maximum atomic E-state index is 10.9. The Balaban J connectivity index is 1.66. The van der Waals surface area contributed by atoms with Gasteiger partial charge in [-0.05, 0) is 6.07 Å². The maximum absolute atomic E-state index is 10.9. The molecule has 8 heteroatoms. The lowest BCUT2D eigenvalue weighted by Gasteiger charge is -1.99. The molecule has 0 saturated carbocycles. The number of nitro groups is 1. The van der Waals surface area contributed by atoms with Crippen LogP contribution in [0.1, 0.15) is 5.89 Å². The summed E-state index contributed by atoms with van der Waals surface area (Å²) in [5.74, 6) is 0.874. The van der Waals surface area contributed by atoms with Gasteiger partial charge in [-0.2, -0.15) is 10.1 Å². The van der Waals surface area contributed by atoms with E-state index in [1.54, 1.807) is 16.9 Å². The minimum absolute atomic E-state index is 0.0137. The number of fused-ring (bicyclic) bond motifs is 1. The van der Waals surface area contributed by atoms with Crippen LogP contribution in [0, 0.1) is 10.1 Å². The second kappa shape index (κ2) is 5.58. The van der Waals surface area contributed by atoms with E-state index in [-0.39, 0.29) is 12.2 Å². The normalized spacial score (nSPS) is 11.0. The van der Waals surface area contributed by atoms with Gasteiger partial charge in [-0.25, -0.2) is 0 Å². The van der Waals surface area contributed by atoms with Crippen molar-refractivity contribution < 1.29 is 9.45 Å². The fourth-order valence-electron chi connectivity index (χ4n) is 2.45. The van der Waals surface area contributed by atoms with Gasteiger partial charge < -0.3 is 4.52 Å². The maximum Gasteiger partial charge on any atom is 0.271 e. The van der Waals surface area contributed by atoms with Gasteiger partial charge in [0.05, 0.1) is 16.6 Å². The van der Waals surface area contributed by atoms with Crippen molar-refractivity contribution in [3.05, 3.63) is 70.7 Å². The first kappa shape index (κ1) is 14.1. The zero-order chi connectivity index (χ0) is 16.5. The average molecular weight is 321 g/mol. The molecule has 0 unspecified atom stereocenters. The number of nitro benzene ring substituents is 1. The van der Waals surface area contributed by atoms with Gasteiger partial charge in [0.1, 0.15) is 6.54 Å². The molecule has 2 aromatic carbocycles. The number of rotatable bonds is 4. The van der Waals surface area contributed by atoms with Gasteiger partial charge in [-0.1, -0.05) is 35.5 Å². The summed E-state index contributed by atoms with van der Waals surface area (Å²) in [6, 6.07) is 14.1. The summed E-state index contributed by atoms with van der Waals surface area (Å²) in [6.07, 6.45) is 1.65. The third kappa shape index (κ3) is 2.50. The predicted octanol–water partition coefficient (Wildman–Crippen LogP) is 3.04. The first-order valence-electron chi connectivity index (χ1n) is 7.19. The van der Waals surface area contributed by atoms with Crippen LogP contribution >= 0.6 is 0 Å². The van der Waals surface area contributed by atoms with Crippen molar-refractivity contribution in [1.29, 1.82) is 0 Å². The summed E-state index contributed by atoms with van der Waals surface area (Å²) in [5.41, 5.74) is 1.51. The number of hydrogen-bond donors (Lipinski definition) is 0. The lowest BCUT2D eigenvalue weighted by atomic mass is 10.2. The number of benzene rings is 2. The van der Waals surface area contributed by atoms with E-state index in [4.69, 9.17) is 4.52 Å². The van der Waals surface area contributed by atoms with Crippen LogP contribution in [-0.4, -0.2) is 24.8 Å². The van der Waals surface area contributed by atoms with E-state index < -0.39 is 4.92 Å². The van der Waals surface area contributed by atoms with Crippen molar-refractivity contribution in [2.45, 2.75) is 6.54 Å². The molecule has 0 atom stereocenters. The molecule has 0 radical (unpaired) electrons. The van der Waals surface area contributed by atoms with Gasteiger partial charge in [0.2, 0.25) is 11.7 Å². The van der Waals surface area contributed by atoms with Gasteiger partial charge in [-0.15, -0.1) is 0 Å². The Kier molecular flexibility index (Phi) is 3.27. The molecule has 24 heavy (non-hydrogen) atoms. The molecule has 118 valence electrons. The van der Waals surface area contributed by atoms with Crippen LogP contribution < -0.4 is 0 Å². The minimum atomic E-state index is -0.434. The van der Waals surface area contributed by atoms with Crippen LogP contribution in [0.2, 0.25) is 0 Å². The molecule has 0 N–H and O–H groups in total. The molecular weight excluding hydrogens is 310 g/mol. The van der Waals surface area contributed by atoms with Crippen LogP contribution in [0.25, 0.3) is 22.3 Å². The molecule has 0 aliphatic rings. The van der Waals surface area contributed by atoms with E-state index in [0.29, 0.717) is 17.2 Å². The largest absolute Gasteiger partial charge is 0.337 e. The van der Waals surface area contributed by atoms with Crippen molar-refractivity contribution in [1.82, 2.24) is 19.9 Å². The molecule has 0 bridgehead atoms. The number of nitrogens with zero attached hydrogens (tertiary/aromatic N) is 5. The van der Waals surface area contributed by atoms with Gasteiger partial charge in [-0.3, -0.25) is 14.8 Å². The molecule has 8 nitrogen and oxygen atoms in total. The van der Waals surface area contributed by atoms with Gasteiger partial charge in [0, 0.05) is 23.1 Å². The van der Waals surface area contributed by atoms with E-state index in [2.05, 4.69) is 15.2 Å². The molecule has 2 aromatic heterocycles. The summed E-state index contributed by atoms with van der Waals surface area (Å²) in [7, 11) is 0. The third-order valence-corrected chi connectivity index (χ3v) is 3.62. The minimum Gasteiger partial charge on any atom is -0.337 e. The van der Waals surface area contributed by atoms with E-state index >= 15 is 0 Å². The summed E-state index contributed by atoms with van der Waals surface area (Å²) >= 11 is 0. The number of non-ortho nitro benzene ring substituents is 1.